The lowest BCUT2D eigenvalue weighted by atomic mass is 10.1. The van der Waals surface area contributed by atoms with Crippen molar-refractivity contribution >= 4 is 23.1 Å². The largest absolute Gasteiger partial charge is 0.363 e. The molecular weight excluding hydrogens is 348 g/mol. The SMILES string of the molecule is CCc1nnc(CNC(=O)c2ccc(-c3cc(N(C)C)ncn3)cc2)s1. The predicted octanol–water partition coefficient (Wildman–Crippen LogP) is 2.55. The van der Waals surface area contributed by atoms with Crippen LogP contribution in [0.2, 0.25) is 0 Å². The van der Waals surface area contributed by atoms with E-state index in [4.69, 9.17) is 0 Å². The van der Waals surface area contributed by atoms with E-state index in [1.165, 1.54) is 17.7 Å². The van der Waals surface area contributed by atoms with Crippen molar-refractivity contribution in [1.29, 1.82) is 0 Å². The Morgan fingerprint density at radius 2 is 1.85 bits per heavy atom. The number of hydrogen-bond donors (Lipinski definition) is 1. The fourth-order valence-electron chi connectivity index (χ4n) is 2.30. The summed E-state index contributed by atoms with van der Waals surface area (Å²) in [5.74, 6) is 0.696. The number of aromatic nitrogens is 4. The van der Waals surface area contributed by atoms with Crippen molar-refractivity contribution in [1.82, 2.24) is 25.5 Å². The second kappa shape index (κ2) is 8.01. The zero-order valence-corrected chi connectivity index (χ0v) is 15.7. The highest BCUT2D eigenvalue weighted by atomic mass is 32.1. The summed E-state index contributed by atoms with van der Waals surface area (Å²) < 4.78 is 0. The zero-order valence-electron chi connectivity index (χ0n) is 14.9. The molecule has 1 amide bonds. The molecule has 0 aliphatic carbocycles. The van der Waals surface area contributed by atoms with Crippen LogP contribution in [0.3, 0.4) is 0 Å². The first-order valence-corrected chi connectivity index (χ1v) is 9.07. The molecule has 7 nitrogen and oxygen atoms in total. The summed E-state index contributed by atoms with van der Waals surface area (Å²) in [5.41, 5.74) is 2.34. The van der Waals surface area contributed by atoms with Crippen LogP contribution in [-0.2, 0) is 13.0 Å². The summed E-state index contributed by atoms with van der Waals surface area (Å²) in [6, 6.07) is 9.27. The Labute approximate surface area is 156 Å². The first kappa shape index (κ1) is 17.9. The van der Waals surface area contributed by atoms with Gasteiger partial charge in [0.05, 0.1) is 12.2 Å². The van der Waals surface area contributed by atoms with Crippen LogP contribution in [0.15, 0.2) is 36.7 Å². The van der Waals surface area contributed by atoms with Gasteiger partial charge in [0.1, 0.15) is 22.2 Å². The van der Waals surface area contributed by atoms with E-state index in [1.807, 2.05) is 44.1 Å². The highest BCUT2D eigenvalue weighted by Gasteiger charge is 2.09. The molecule has 2 aromatic heterocycles. The molecule has 0 spiro atoms. The van der Waals surface area contributed by atoms with Gasteiger partial charge in [-0.25, -0.2) is 9.97 Å². The molecule has 0 saturated heterocycles. The average Bonchev–Trinajstić information content (AvgIpc) is 3.14. The summed E-state index contributed by atoms with van der Waals surface area (Å²) >= 11 is 1.52. The number of amides is 1. The molecule has 0 aliphatic rings. The lowest BCUT2D eigenvalue weighted by molar-refractivity contribution is 0.0951. The molecule has 0 fully saturated rings. The molecule has 0 unspecified atom stereocenters. The van der Waals surface area contributed by atoms with Crippen LogP contribution in [0.25, 0.3) is 11.3 Å². The fraction of sp³-hybridized carbons (Fsp3) is 0.278. The quantitative estimate of drug-likeness (QED) is 0.720. The van der Waals surface area contributed by atoms with Gasteiger partial charge in [-0.05, 0) is 18.6 Å². The number of nitrogens with zero attached hydrogens (tertiary/aromatic N) is 5. The molecule has 2 heterocycles. The molecule has 0 bridgehead atoms. The first-order chi connectivity index (χ1) is 12.6. The maximum absolute atomic E-state index is 12.3. The Balaban J connectivity index is 1.66. The number of carbonyl (C=O) groups excluding carboxylic acids is 1. The van der Waals surface area contributed by atoms with Gasteiger partial charge in [0.15, 0.2) is 0 Å². The molecular formula is C18H20N6OS. The van der Waals surface area contributed by atoms with E-state index < -0.39 is 0 Å². The van der Waals surface area contributed by atoms with Crippen LogP contribution >= 0.6 is 11.3 Å². The van der Waals surface area contributed by atoms with E-state index >= 15 is 0 Å². The van der Waals surface area contributed by atoms with Crippen molar-refractivity contribution in [3.05, 3.63) is 52.2 Å². The van der Waals surface area contributed by atoms with Gasteiger partial charge in [-0.1, -0.05) is 30.4 Å². The van der Waals surface area contributed by atoms with E-state index in [2.05, 4.69) is 25.5 Å². The molecule has 3 rings (SSSR count). The van der Waals surface area contributed by atoms with Gasteiger partial charge in [-0.2, -0.15) is 0 Å². The number of carbonyl (C=O) groups is 1. The lowest BCUT2D eigenvalue weighted by Crippen LogP contribution is -2.22. The van der Waals surface area contributed by atoms with Gasteiger partial charge in [0.2, 0.25) is 0 Å². The molecule has 1 N–H and O–H groups in total. The predicted molar refractivity (Wildman–Crippen MR) is 102 cm³/mol. The molecule has 8 heteroatoms. The van der Waals surface area contributed by atoms with Gasteiger partial charge >= 0.3 is 0 Å². The Morgan fingerprint density at radius 1 is 1.12 bits per heavy atom. The molecule has 0 atom stereocenters. The van der Waals surface area contributed by atoms with Crippen molar-refractivity contribution in [3.8, 4) is 11.3 Å². The minimum atomic E-state index is -0.138. The summed E-state index contributed by atoms with van der Waals surface area (Å²) in [4.78, 5) is 22.7. The summed E-state index contributed by atoms with van der Waals surface area (Å²) in [5, 5.41) is 12.8. The van der Waals surface area contributed by atoms with Gasteiger partial charge < -0.3 is 10.2 Å². The third kappa shape index (κ3) is 4.20. The summed E-state index contributed by atoms with van der Waals surface area (Å²) in [7, 11) is 3.86. The van der Waals surface area contributed by atoms with Crippen molar-refractivity contribution in [3.63, 3.8) is 0 Å². The molecule has 134 valence electrons. The standard InChI is InChI=1S/C18H20N6OS/c1-4-16-22-23-17(26-16)10-19-18(25)13-7-5-12(6-8-13)14-9-15(24(2)3)21-11-20-14/h5-9,11H,4,10H2,1-3H3,(H,19,25). The molecule has 1 aromatic carbocycles. The first-order valence-electron chi connectivity index (χ1n) is 8.26. The number of anilines is 1. The topological polar surface area (TPSA) is 83.9 Å². The van der Waals surface area contributed by atoms with Gasteiger partial charge in [-0.3, -0.25) is 4.79 Å². The molecule has 3 aromatic rings. The van der Waals surface area contributed by atoms with Gasteiger partial charge in [0.25, 0.3) is 5.91 Å². The highest BCUT2D eigenvalue weighted by Crippen LogP contribution is 2.20. The number of benzene rings is 1. The smallest absolute Gasteiger partial charge is 0.251 e. The summed E-state index contributed by atoms with van der Waals surface area (Å²) in [6.07, 6.45) is 2.39. The second-order valence-corrected chi connectivity index (χ2v) is 7.01. The Bertz CT molecular complexity index is 891. The van der Waals surface area contributed by atoms with E-state index in [1.54, 1.807) is 12.1 Å². The van der Waals surface area contributed by atoms with Crippen LogP contribution in [0.1, 0.15) is 27.3 Å². The van der Waals surface area contributed by atoms with Crippen LogP contribution < -0.4 is 10.2 Å². The van der Waals surface area contributed by atoms with Crippen molar-refractivity contribution in [2.24, 2.45) is 0 Å². The maximum atomic E-state index is 12.3. The molecule has 0 aliphatic heterocycles. The molecule has 0 radical (unpaired) electrons. The molecule has 26 heavy (non-hydrogen) atoms. The van der Waals surface area contributed by atoms with Gasteiger partial charge in [-0.15, -0.1) is 10.2 Å². The number of aryl methyl sites for hydroxylation is 1. The van der Waals surface area contributed by atoms with Crippen LogP contribution in [0.5, 0.6) is 0 Å². The fourth-order valence-corrected chi connectivity index (χ4v) is 3.03. The van der Waals surface area contributed by atoms with E-state index in [0.29, 0.717) is 12.1 Å². The van der Waals surface area contributed by atoms with Crippen LogP contribution in [0, 0.1) is 0 Å². The van der Waals surface area contributed by atoms with Crippen molar-refractivity contribution < 1.29 is 4.79 Å². The molecule has 0 saturated carbocycles. The van der Waals surface area contributed by atoms with Gasteiger partial charge in [0, 0.05) is 31.3 Å². The van der Waals surface area contributed by atoms with Crippen molar-refractivity contribution in [2.75, 3.05) is 19.0 Å². The Kier molecular flexibility index (Phi) is 5.52. The maximum Gasteiger partial charge on any atom is 0.251 e. The number of nitrogens with one attached hydrogen (secondary N) is 1. The number of hydrogen-bond acceptors (Lipinski definition) is 7. The zero-order chi connectivity index (χ0) is 18.5. The lowest BCUT2D eigenvalue weighted by Gasteiger charge is -2.11. The monoisotopic (exact) mass is 368 g/mol. The van der Waals surface area contributed by atoms with E-state index in [0.717, 1.165) is 33.5 Å². The summed E-state index contributed by atoms with van der Waals surface area (Å²) in [6.45, 7) is 2.42. The normalized spacial score (nSPS) is 10.6. The minimum Gasteiger partial charge on any atom is -0.363 e. The van der Waals surface area contributed by atoms with E-state index in [-0.39, 0.29) is 5.91 Å². The Morgan fingerprint density at radius 3 is 2.50 bits per heavy atom. The average molecular weight is 368 g/mol. The second-order valence-electron chi connectivity index (χ2n) is 5.86. The number of rotatable bonds is 6. The van der Waals surface area contributed by atoms with Crippen LogP contribution in [0.4, 0.5) is 5.82 Å². The Hall–Kier alpha value is -2.87. The third-order valence-corrected chi connectivity index (χ3v) is 4.83. The van der Waals surface area contributed by atoms with Crippen molar-refractivity contribution in [2.45, 2.75) is 19.9 Å². The van der Waals surface area contributed by atoms with Crippen LogP contribution in [-0.4, -0.2) is 40.2 Å². The third-order valence-electron chi connectivity index (χ3n) is 3.77. The highest BCUT2D eigenvalue weighted by molar-refractivity contribution is 7.11. The minimum absolute atomic E-state index is 0.138. The van der Waals surface area contributed by atoms with E-state index in [9.17, 15) is 4.79 Å².